The van der Waals surface area contributed by atoms with Gasteiger partial charge in [0, 0.05) is 26.5 Å². The molecule has 0 N–H and O–H groups in total. The van der Waals surface area contributed by atoms with Gasteiger partial charge < -0.3 is 9.58 Å². The van der Waals surface area contributed by atoms with Crippen LogP contribution >= 0.6 is 0 Å². The Morgan fingerprint density at radius 2 is 2.04 bits per heavy atom. The zero-order chi connectivity index (χ0) is 18.7. The number of nitriles is 1. The second-order valence-corrected chi connectivity index (χ2v) is 7.10. The van der Waals surface area contributed by atoms with Crippen LogP contribution in [0.3, 0.4) is 0 Å². The Kier molecular flexibility index (Phi) is 5.25. The molecule has 0 spiro atoms. The number of ether oxygens (including phenoxy) is 1. The first kappa shape index (κ1) is 18.6. The number of hydrogen-bond acceptors (Lipinski definition) is 4. The van der Waals surface area contributed by atoms with Crippen molar-refractivity contribution in [2.24, 2.45) is 0 Å². The maximum absolute atomic E-state index is 9.66. The summed E-state index contributed by atoms with van der Waals surface area (Å²) in [7, 11) is 1.64. The Balaban J connectivity index is 2.74. The lowest BCUT2D eigenvalue weighted by molar-refractivity contribution is 0.182. The highest BCUT2D eigenvalue weighted by Gasteiger charge is 2.32. The van der Waals surface area contributed by atoms with Crippen molar-refractivity contribution in [3.8, 4) is 6.07 Å². The summed E-state index contributed by atoms with van der Waals surface area (Å²) in [5, 5.41) is 13.8. The van der Waals surface area contributed by atoms with Gasteiger partial charge in [-0.1, -0.05) is 0 Å². The average Bonchev–Trinajstić information content (AvgIpc) is 3.09. The molecule has 25 heavy (non-hydrogen) atoms. The van der Waals surface area contributed by atoms with Crippen molar-refractivity contribution >= 4 is 0 Å². The molecular formula is C19H23N5O. The molecule has 0 amide bonds. The molecule has 0 aliphatic rings. The van der Waals surface area contributed by atoms with E-state index in [4.69, 9.17) is 11.3 Å². The van der Waals surface area contributed by atoms with Crippen LogP contribution in [0.2, 0.25) is 0 Å². The maximum atomic E-state index is 9.66. The molecular weight excluding hydrogens is 314 g/mol. The summed E-state index contributed by atoms with van der Waals surface area (Å²) in [4.78, 5) is 7.74. The molecule has 0 aliphatic heterocycles. The zero-order valence-electron chi connectivity index (χ0n) is 15.4. The monoisotopic (exact) mass is 337 g/mol. The van der Waals surface area contributed by atoms with E-state index in [1.807, 2.05) is 39.8 Å². The fraction of sp³-hybridized carbons (Fsp3) is 0.474. The minimum absolute atomic E-state index is 0.392. The zero-order valence-corrected chi connectivity index (χ0v) is 15.4. The average molecular weight is 337 g/mol. The lowest BCUT2D eigenvalue weighted by atomic mass is 9.78. The third kappa shape index (κ3) is 3.87. The van der Waals surface area contributed by atoms with Crippen molar-refractivity contribution in [3.05, 3.63) is 58.5 Å². The number of methoxy groups -OCH3 is 1. The fourth-order valence-electron chi connectivity index (χ4n) is 2.71. The van der Waals surface area contributed by atoms with Gasteiger partial charge in [-0.3, -0.25) is 0 Å². The van der Waals surface area contributed by atoms with Crippen LogP contribution in [-0.4, -0.2) is 21.9 Å². The van der Waals surface area contributed by atoms with Crippen LogP contribution in [0.4, 0.5) is 0 Å². The van der Waals surface area contributed by atoms with Crippen LogP contribution in [0.25, 0.3) is 4.85 Å². The maximum Gasteiger partial charge on any atom is 0.252 e. The van der Waals surface area contributed by atoms with E-state index in [0.717, 1.165) is 22.3 Å². The smallest absolute Gasteiger partial charge is 0.252 e. The van der Waals surface area contributed by atoms with Gasteiger partial charge in [0.15, 0.2) is 0 Å². The summed E-state index contributed by atoms with van der Waals surface area (Å²) in [5.41, 5.74) is 2.35. The molecule has 0 aliphatic carbocycles. The van der Waals surface area contributed by atoms with E-state index in [2.05, 4.69) is 21.0 Å². The van der Waals surface area contributed by atoms with Crippen LogP contribution < -0.4 is 0 Å². The van der Waals surface area contributed by atoms with Crippen molar-refractivity contribution in [2.75, 3.05) is 7.11 Å². The Morgan fingerprint density at radius 3 is 2.56 bits per heavy atom. The largest absolute Gasteiger partial charge is 0.380 e. The Hall–Kier alpha value is -2.70. The van der Waals surface area contributed by atoms with E-state index in [1.54, 1.807) is 18.1 Å². The molecule has 1 aromatic carbocycles. The molecule has 6 nitrogen and oxygen atoms in total. The molecule has 0 saturated carbocycles. The quantitative estimate of drug-likeness (QED) is 0.757. The van der Waals surface area contributed by atoms with E-state index in [1.165, 1.54) is 6.33 Å². The number of nitrogens with zero attached hydrogens (tertiary/aromatic N) is 5. The van der Waals surface area contributed by atoms with Crippen molar-refractivity contribution < 1.29 is 4.74 Å². The van der Waals surface area contributed by atoms with E-state index >= 15 is 0 Å². The number of hydrogen-bond donors (Lipinski definition) is 0. The predicted molar refractivity (Wildman–Crippen MR) is 94.5 cm³/mol. The Labute approximate surface area is 148 Å². The molecule has 0 bridgehead atoms. The van der Waals surface area contributed by atoms with E-state index in [0.29, 0.717) is 13.2 Å². The van der Waals surface area contributed by atoms with E-state index in [9.17, 15) is 5.26 Å². The van der Waals surface area contributed by atoms with Gasteiger partial charge in [-0.25, -0.2) is 16.2 Å². The van der Waals surface area contributed by atoms with Gasteiger partial charge in [0.05, 0.1) is 24.6 Å². The minimum atomic E-state index is -0.695. The minimum Gasteiger partial charge on any atom is -0.380 e. The van der Waals surface area contributed by atoms with Crippen LogP contribution in [0.15, 0.2) is 24.8 Å². The summed E-state index contributed by atoms with van der Waals surface area (Å²) in [6.07, 6.45) is 3.14. The molecule has 1 aromatic heterocycles. The molecule has 6 heteroatoms. The topological polar surface area (TPSA) is 68.1 Å². The summed E-state index contributed by atoms with van der Waals surface area (Å²) in [6.45, 7) is 16.0. The molecule has 0 fully saturated rings. The van der Waals surface area contributed by atoms with Gasteiger partial charge >= 0.3 is 0 Å². The number of aromatic nitrogens is 3. The fourth-order valence-corrected chi connectivity index (χ4v) is 2.71. The van der Waals surface area contributed by atoms with Crippen LogP contribution in [0.1, 0.15) is 49.9 Å². The molecule has 0 saturated heterocycles. The van der Waals surface area contributed by atoms with Crippen LogP contribution in [0, 0.1) is 17.9 Å². The second-order valence-electron chi connectivity index (χ2n) is 7.10. The van der Waals surface area contributed by atoms with Gasteiger partial charge in [0.1, 0.15) is 12.7 Å². The normalized spacial score (nSPS) is 11.8. The second kappa shape index (κ2) is 7.04. The molecule has 2 aromatic rings. The molecule has 130 valence electrons. The third-order valence-corrected chi connectivity index (χ3v) is 4.37. The van der Waals surface area contributed by atoms with Crippen molar-refractivity contribution in [1.82, 2.24) is 14.8 Å². The van der Waals surface area contributed by atoms with Crippen LogP contribution in [-0.2, 0) is 28.8 Å². The van der Waals surface area contributed by atoms with Gasteiger partial charge in [0.25, 0.3) is 5.54 Å². The standard InChI is InChI=1S/C19H23N5O/c1-18(2,11-20)17-8-15(19(3,4)21-5)7-14(16(17)10-25-6)9-24-13-22-12-23-24/h7-8,12-13H,9-10H2,1-4,6H3. The first-order chi connectivity index (χ1) is 11.7. The highest BCUT2D eigenvalue weighted by atomic mass is 16.5. The van der Waals surface area contributed by atoms with Crippen molar-refractivity contribution in [3.63, 3.8) is 0 Å². The molecule has 0 radical (unpaired) electrons. The predicted octanol–water partition coefficient (Wildman–Crippen LogP) is 3.43. The van der Waals surface area contributed by atoms with Gasteiger partial charge in [-0.2, -0.15) is 10.4 Å². The van der Waals surface area contributed by atoms with Crippen LogP contribution in [0.5, 0.6) is 0 Å². The van der Waals surface area contributed by atoms with Crippen molar-refractivity contribution in [1.29, 1.82) is 5.26 Å². The molecule has 1 heterocycles. The van der Waals surface area contributed by atoms with Gasteiger partial charge in [-0.15, -0.1) is 0 Å². The summed E-state index contributed by atoms with van der Waals surface area (Å²) < 4.78 is 7.13. The Morgan fingerprint density at radius 1 is 1.32 bits per heavy atom. The van der Waals surface area contributed by atoms with Gasteiger partial charge in [0.2, 0.25) is 0 Å². The number of rotatable bonds is 6. The summed E-state index contributed by atoms with van der Waals surface area (Å²) in [5.74, 6) is 0. The molecule has 0 unspecified atom stereocenters. The first-order valence-electron chi connectivity index (χ1n) is 8.03. The SMILES string of the molecule is [C-]#[N+]C(C)(C)c1cc(Cn2cncn2)c(COC)c(C(C)(C)C#N)c1. The summed E-state index contributed by atoms with van der Waals surface area (Å²) >= 11 is 0. The van der Waals surface area contributed by atoms with Crippen molar-refractivity contribution in [2.45, 2.75) is 51.8 Å². The molecule has 2 rings (SSSR count). The highest BCUT2D eigenvalue weighted by Crippen LogP contribution is 2.35. The van der Waals surface area contributed by atoms with E-state index < -0.39 is 11.0 Å². The lowest BCUT2D eigenvalue weighted by Gasteiger charge is -2.25. The Bertz CT molecular complexity index is 823. The van der Waals surface area contributed by atoms with Gasteiger partial charge in [-0.05, 0) is 42.7 Å². The summed E-state index contributed by atoms with van der Waals surface area (Å²) in [6, 6.07) is 6.36. The third-order valence-electron chi connectivity index (χ3n) is 4.37. The first-order valence-corrected chi connectivity index (χ1v) is 8.03. The highest BCUT2D eigenvalue weighted by molar-refractivity contribution is 5.48. The van der Waals surface area contributed by atoms with E-state index in [-0.39, 0.29) is 0 Å². The lowest BCUT2D eigenvalue weighted by Crippen LogP contribution is -2.22. The number of benzene rings is 1. The molecule has 0 atom stereocenters.